The van der Waals surface area contributed by atoms with E-state index in [0.29, 0.717) is 23.3 Å². The van der Waals surface area contributed by atoms with Crippen molar-refractivity contribution in [2.75, 3.05) is 0 Å². The van der Waals surface area contributed by atoms with Gasteiger partial charge in [0.2, 0.25) is 0 Å². The first kappa shape index (κ1) is 24.4. The molecular weight excluding hydrogens is 398 g/mol. The molecule has 0 bridgehead atoms. The van der Waals surface area contributed by atoms with E-state index in [1.165, 1.54) is 0 Å². The number of carboxylic acid groups (broad SMARTS) is 1. The van der Waals surface area contributed by atoms with Crippen LogP contribution in [0.5, 0.6) is 5.75 Å². The van der Waals surface area contributed by atoms with Gasteiger partial charge in [0.05, 0.1) is 0 Å². The van der Waals surface area contributed by atoms with Crippen molar-refractivity contribution in [3.05, 3.63) is 39.7 Å². The lowest BCUT2D eigenvalue weighted by atomic mass is 10.0. The molecule has 1 heterocycles. The number of carboxylic acids is 1. The minimum Gasteiger partial charge on any atom is -0.481 e. The Morgan fingerprint density at radius 1 is 1.16 bits per heavy atom. The van der Waals surface area contributed by atoms with E-state index in [-0.39, 0.29) is 11.5 Å². The summed E-state index contributed by atoms with van der Waals surface area (Å²) in [5.74, 6) is -1.52. The summed E-state index contributed by atoms with van der Waals surface area (Å²) in [6, 6.07) is 4.13. The Balaban J connectivity index is 2.16. The van der Waals surface area contributed by atoms with Gasteiger partial charge in [0, 0.05) is 17.0 Å². The van der Waals surface area contributed by atoms with E-state index in [1.807, 2.05) is 13.0 Å². The van der Waals surface area contributed by atoms with Crippen molar-refractivity contribution in [1.29, 1.82) is 0 Å². The van der Waals surface area contributed by atoms with E-state index < -0.39 is 24.0 Å². The van der Waals surface area contributed by atoms with E-state index in [4.69, 9.17) is 9.15 Å². The molecule has 2 N–H and O–H groups in total. The second kappa shape index (κ2) is 11.0. The number of hydrogen-bond donors (Lipinski definition) is 2. The van der Waals surface area contributed by atoms with E-state index >= 15 is 0 Å². The van der Waals surface area contributed by atoms with Crippen molar-refractivity contribution < 1.29 is 23.8 Å². The molecule has 7 nitrogen and oxygen atoms in total. The molecule has 1 aromatic carbocycles. The third-order valence-electron chi connectivity index (χ3n) is 5.45. The van der Waals surface area contributed by atoms with Crippen molar-refractivity contribution in [3.63, 3.8) is 0 Å². The number of hydrogen-bond acceptors (Lipinski definition) is 5. The number of carbonyl (C=O) groups excluding carboxylic acids is 1. The lowest BCUT2D eigenvalue weighted by Gasteiger charge is -2.21. The summed E-state index contributed by atoms with van der Waals surface area (Å²) in [4.78, 5) is 36.1. The number of amides is 1. The van der Waals surface area contributed by atoms with Crippen LogP contribution in [0.3, 0.4) is 0 Å². The maximum atomic E-state index is 12.5. The molecule has 0 saturated heterocycles. The van der Waals surface area contributed by atoms with Gasteiger partial charge in [0.1, 0.15) is 17.4 Å². The van der Waals surface area contributed by atoms with Gasteiger partial charge in [-0.2, -0.15) is 0 Å². The fourth-order valence-electron chi connectivity index (χ4n) is 3.51. The molecule has 0 aliphatic heterocycles. The highest BCUT2D eigenvalue weighted by Gasteiger charge is 2.26. The molecular formula is C24H33NO6. The molecule has 31 heavy (non-hydrogen) atoms. The summed E-state index contributed by atoms with van der Waals surface area (Å²) in [5, 5.41) is 12.6. The Bertz CT molecular complexity index is 978. The SMILES string of the molecule is CCCCCCc1c(C)c2ccc(OC(C)C(=O)NC(C(=O)O)C(C)C)cc2oc1=O. The zero-order valence-electron chi connectivity index (χ0n) is 19.0. The van der Waals surface area contributed by atoms with Gasteiger partial charge in [-0.15, -0.1) is 0 Å². The third-order valence-corrected chi connectivity index (χ3v) is 5.45. The minimum absolute atomic E-state index is 0.261. The monoisotopic (exact) mass is 431 g/mol. The zero-order chi connectivity index (χ0) is 23.1. The van der Waals surface area contributed by atoms with E-state index in [2.05, 4.69) is 12.2 Å². The Labute approximate surface area is 182 Å². The average molecular weight is 432 g/mol. The second-order valence-electron chi connectivity index (χ2n) is 8.29. The van der Waals surface area contributed by atoms with Gasteiger partial charge in [-0.1, -0.05) is 40.0 Å². The number of carbonyl (C=O) groups is 2. The molecule has 2 aromatic rings. The highest BCUT2D eigenvalue weighted by molar-refractivity contribution is 5.87. The maximum absolute atomic E-state index is 12.5. The second-order valence-corrected chi connectivity index (χ2v) is 8.29. The summed E-state index contributed by atoms with van der Waals surface area (Å²) < 4.78 is 11.2. The predicted octanol–water partition coefficient (Wildman–Crippen LogP) is 4.22. The van der Waals surface area contributed by atoms with Gasteiger partial charge in [-0.3, -0.25) is 4.79 Å². The molecule has 0 aliphatic rings. The first-order chi connectivity index (χ1) is 14.6. The topological polar surface area (TPSA) is 106 Å². The Morgan fingerprint density at radius 2 is 1.87 bits per heavy atom. The molecule has 0 aliphatic carbocycles. The van der Waals surface area contributed by atoms with Crippen LogP contribution < -0.4 is 15.7 Å². The number of nitrogens with one attached hydrogen (secondary N) is 1. The van der Waals surface area contributed by atoms with Gasteiger partial charge < -0.3 is 19.6 Å². The van der Waals surface area contributed by atoms with Crippen molar-refractivity contribution in [1.82, 2.24) is 5.32 Å². The van der Waals surface area contributed by atoms with Crippen LogP contribution >= 0.6 is 0 Å². The van der Waals surface area contributed by atoms with E-state index in [9.17, 15) is 19.5 Å². The highest BCUT2D eigenvalue weighted by Crippen LogP contribution is 2.25. The molecule has 0 fully saturated rings. The van der Waals surface area contributed by atoms with Crippen LogP contribution in [0.1, 0.15) is 64.5 Å². The normalized spacial score (nSPS) is 13.2. The van der Waals surface area contributed by atoms with Crippen molar-refractivity contribution >= 4 is 22.8 Å². The van der Waals surface area contributed by atoms with Crippen LogP contribution in [-0.2, 0) is 16.0 Å². The number of aliphatic carboxylic acids is 1. The third kappa shape index (κ3) is 6.32. The number of benzene rings is 1. The van der Waals surface area contributed by atoms with Crippen LogP contribution in [0.15, 0.2) is 27.4 Å². The molecule has 0 spiro atoms. The first-order valence-corrected chi connectivity index (χ1v) is 10.9. The molecule has 0 saturated carbocycles. The van der Waals surface area contributed by atoms with Crippen molar-refractivity contribution in [2.45, 2.75) is 78.9 Å². The van der Waals surface area contributed by atoms with Gasteiger partial charge in [0.25, 0.3) is 5.91 Å². The number of rotatable bonds is 11. The Kier molecular flexibility index (Phi) is 8.65. The molecule has 2 atom stereocenters. The van der Waals surface area contributed by atoms with Crippen molar-refractivity contribution in [3.8, 4) is 5.75 Å². The first-order valence-electron chi connectivity index (χ1n) is 10.9. The molecule has 1 aromatic heterocycles. The summed E-state index contributed by atoms with van der Waals surface area (Å²) >= 11 is 0. The maximum Gasteiger partial charge on any atom is 0.339 e. The van der Waals surface area contributed by atoms with Crippen LogP contribution in [0.4, 0.5) is 0 Å². The van der Waals surface area contributed by atoms with Crippen LogP contribution in [0, 0.1) is 12.8 Å². The van der Waals surface area contributed by atoms with Gasteiger partial charge in [-0.25, -0.2) is 9.59 Å². The molecule has 7 heteroatoms. The van der Waals surface area contributed by atoms with Gasteiger partial charge in [0.15, 0.2) is 6.10 Å². The molecule has 0 radical (unpaired) electrons. The van der Waals surface area contributed by atoms with Crippen LogP contribution in [-0.4, -0.2) is 29.1 Å². The van der Waals surface area contributed by atoms with Gasteiger partial charge >= 0.3 is 11.6 Å². The fraction of sp³-hybridized carbons (Fsp3) is 0.542. The highest BCUT2D eigenvalue weighted by atomic mass is 16.5. The van der Waals surface area contributed by atoms with E-state index in [1.54, 1.807) is 32.9 Å². The van der Waals surface area contributed by atoms with Gasteiger partial charge in [-0.05, 0) is 50.3 Å². The number of aryl methyl sites for hydroxylation is 1. The quantitative estimate of drug-likeness (QED) is 0.408. The van der Waals surface area contributed by atoms with Crippen molar-refractivity contribution in [2.24, 2.45) is 5.92 Å². The smallest absolute Gasteiger partial charge is 0.339 e. The average Bonchev–Trinajstić information content (AvgIpc) is 2.70. The van der Waals surface area contributed by atoms with Crippen LogP contribution in [0.2, 0.25) is 0 Å². The zero-order valence-corrected chi connectivity index (χ0v) is 19.0. The van der Waals surface area contributed by atoms with E-state index in [0.717, 1.165) is 36.6 Å². The standard InChI is InChI=1S/C24H33NO6/c1-6-7-8-9-10-19-15(4)18-12-11-17(13-20(18)31-24(19)29)30-16(5)22(26)25-21(14(2)3)23(27)28/h11-14,16,21H,6-10H2,1-5H3,(H,25,26)(H,27,28). The predicted molar refractivity (Wildman–Crippen MR) is 120 cm³/mol. The Morgan fingerprint density at radius 3 is 2.48 bits per heavy atom. The number of ether oxygens (including phenoxy) is 1. The molecule has 1 amide bonds. The largest absolute Gasteiger partial charge is 0.481 e. The minimum atomic E-state index is -1.09. The fourth-order valence-corrected chi connectivity index (χ4v) is 3.51. The summed E-state index contributed by atoms with van der Waals surface area (Å²) in [5.41, 5.74) is 1.67. The number of unbranched alkanes of at least 4 members (excludes halogenated alkanes) is 3. The lowest BCUT2D eigenvalue weighted by Crippen LogP contribution is -2.48. The molecule has 170 valence electrons. The summed E-state index contributed by atoms with van der Waals surface area (Å²) in [6.07, 6.45) is 4.10. The Hall–Kier alpha value is -2.83. The van der Waals surface area contributed by atoms with Crippen LogP contribution in [0.25, 0.3) is 11.0 Å². The summed E-state index contributed by atoms with van der Waals surface area (Å²) in [6.45, 7) is 9.05. The molecule has 2 unspecified atom stereocenters. The number of fused-ring (bicyclic) bond motifs is 1. The summed E-state index contributed by atoms with van der Waals surface area (Å²) in [7, 11) is 0. The molecule has 2 rings (SSSR count). The lowest BCUT2D eigenvalue weighted by molar-refractivity contribution is -0.144.